The molecule has 0 aromatic heterocycles. The normalized spacial score (nSPS) is 14.5. The second-order valence-corrected chi connectivity index (χ2v) is 9.98. The van der Waals surface area contributed by atoms with Crippen LogP contribution in [0, 0.1) is 75.3 Å². The van der Waals surface area contributed by atoms with Crippen molar-refractivity contribution in [2.24, 2.45) is 0 Å². The van der Waals surface area contributed by atoms with Gasteiger partial charge in [0.05, 0.1) is 12.2 Å². The molecule has 0 saturated heterocycles. The molecule has 2 fully saturated rings. The zero-order valence-electron chi connectivity index (χ0n) is 24.3. The Morgan fingerprint density at radius 1 is 0.651 bits per heavy atom. The van der Waals surface area contributed by atoms with Crippen molar-refractivity contribution in [3.63, 3.8) is 0 Å². The van der Waals surface area contributed by atoms with Gasteiger partial charge in [0, 0.05) is 11.5 Å². The van der Waals surface area contributed by atoms with E-state index < -0.39 is 17.6 Å². The number of ether oxygens (including phenoxy) is 2. The van der Waals surface area contributed by atoms with Gasteiger partial charge in [-0.15, -0.1) is 0 Å². The number of esters is 1. The van der Waals surface area contributed by atoms with Crippen molar-refractivity contribution in [1.29, 1.82) is 0 Å². The van der Waals surface area contributed by atoms with Crippen LogP contribution in [0.5, 0.6) is 11.5 Å². The van der Waals surface area contributed by atoms with E-state index in [9.17, 15) is 13.6 Å². The Hall–Kier alpha value is -2.69. The summed E-state index contributed by atoms with van der Waals surface area (Å²) in [5.74, 6) is -1.14. The number of rotatable bonds is 12. The summed E-state index contributed by atoms with van der Waals surface area (Å²) >= 11 is 0. The molecule has 2 saturated carbocycles. The summed E-state index contributed by atoms with van der Waals surface area (Å²) in [6, 6.07) is 16.4. The van der Waals surface area contributed by atoms with Crippen LogP contribution in [-0.2, 0) is 17.1 Å². The molecule has 0 N–H and O–H groups in total. The van der Waals surface area contributed by atoms with Crippen LogP contribution in [0.4, 0.5) is 8.78 Å². The van der Waals surface area contributed by atoms with Gasteiger partial charge >= 0.3 is 23.0 Å². The second-order valence-electron chi connectivity index (χ2n) is 9.98. The summed E-state index contributed by atoms with van der Waals surface area (Å²) < 4.78 is 40.3. The van der Waals surface area contributed by atoms with E-state index in [1.807, 2.05) is 69.9 Å². The van der Waals surface area contributed by atoms with E-state index in [0.717, 1.165) is 30.7 Å². The molecule has 0 heterocycles. The Bertz CT molecular complexity index is 1230. The third-order valence-corrected chi connectivity index (χ3v) is 6.85. The molecule has 10 radical (unpaired) electrons. The minimum atomic E-state index is -0.996. The van der Waals surface area contributed by atoms with Gasteiger partial charge in [-0.3, -0.25) is 0 Å². The topological polar surface area (TPSA) is 35.5 Å². The minimum absolute atomic E-state index is 0. The number of hydrogen-bond acceptors (Lipinski definition) is 3. The molecule has 0 spiro atoms. The van der Waals surface area contributed by atoms with Crippen molar-refractivity contribution in [3.8, 4) is 22.6 Å². The number of halogens is 2. The van der Waals surface area contributed by atoms with Gasteiger partial charge in [-0.1, -0.05) is 63.3 Å². The molecule has 3 aromatic rings. The van der Waals surface area contributed by atoms with Crippen LogP contribution in [0.3, 0.4) is 0 Å². The molecule has 2 aliphatic carbocycles. The Morgan fingerprint density at radius 2 is 1.23 bits per heavy atom. The maximum Gasteiger partial charge on any atom is 2.00 e. The first-order valence-electron chi connectivity index (χ1n) is 14.5. The van der Waals surface area contributed by atoms with Gasteiger partial charge in [-0.2, -0.15) is 4.39 Å². The summed E-state index contributed by atoms with van der Waals surface area (Å²) in [5.41, 5.74) is 2.02. The average Bonchev–Trinajstić information content (AvgIpc) is 3.78. The van der Waals surface area contributed by atoms with E-state index in [1.165, 1.54) is 31.4 Å². The molecule has 2 aliphatic rings. The van der Waals surface area contributed by atoms with Gasteiger partial charge in [-0.25, -0.2) is 9.18 Å². The van der Waals surface area contributed by atoms with Crippen molar-refractivity contribution in [2.75, 3.05) is 6.61 Å². The van der Waals surface area contributed by atoms with E-state index in [0.29, 0.717) is 23.5 Å². The fourth-order valence-electron chi connectivity index (χ4n) is 4.49. The summed E-state index contributed by atoms with van der Waals surface area (Å²) in [6.07, 6.45) is 24.5. The van der Waals surface area contributed by atoms with Crippen molar-refractivity contribution in [1.82, 2.24) is 0 Å². The van der Waals surface area contributed by atoms with Crippen LogP contribution in [0.15, 0.2) is 60.7 Å². The Labute approximate surface area is 267 Å². The smallest absolute Gasteiger partial charge is 0.490 e. The Kier molecular flexibility index (Phi) is 15.3. The molecule has 0 bridgehead atoms. The monoisotopic (exact) mass is 622 g/mol. The van der Waals surface area contributed by atoms with Crippen LogP contribution in [0.2, 0.25) is 0 Å². The number of hydrogen-bond donors (Lipinski definition) is 0. The minimum Gasteiger partial charge on any atom is -0.490 e. The van der Waals surface area contributed by atoms with Gasteiger partial charge in [-0.05, 0) is 112 Å². The molecule has 6 heteroatoms. The van der Waals surface area contributed by atoms with Crippen molar-refractivity contribution in [3.05, 3.63) is 147 Å². The molecule has 5 rings (SSSR count). The molecule has 222 valence electrons. The molecule has 0 aliphatic heterocycles. The van der Waals surface area contributed by atoms with Crippen molar-refractivity contribution in [2.45, 2.75) is 45.4 Å². The fraction of sp³-hybridized carbons (Fsp3) is 0.216. The van der Waals surface area contributed by atoms with Crippen LogP contribution >= 0.6 is 0 Å². The third kappa shape index (κ3) is 10.8. The average molecular weight is 623 g/mol. The molecule has 0 amide bonds. The summed E-state index contributed by atoms with van der Waals surface area (Å²) in [4.78, 5) is 12.5. The first kappa shape index (κ1) is 34.8. The van der Waals surface area contributed by atoms with Crippen LogP contribution < -0.4 is 9.47 Å². The van der Waals surface area contributed by atoms with Gasteiger partial charge in [0.25, 0.3) is 0 Å². The summed E-state index contributed by atoms with van der Waals surface area (Å²) in [7, 11) is 0. The molecule has 0 unspecified atom stereocenters. The predicted octanol–water partition coefficient (Wildman–Crippen LogP) is 9.36. The quantitative estimate of drug-likeness (QED) is 0.0874. The van der Waals surface area contributed by atoms with Gasteiger partial charge < -0.3 is 9.47 Å². The number of carbonyl (C=O) groups is 1. The van der Waals surface area contributed by atoms with E-state index in [1.54, 1.807) is 36.4 Å². The van der Waals surface area contributed by atoms with E-state index in [-0.39, 0.29) is 28.4 Å². The molecular weight excluding hydrogens is 586 g/mol. The maximum atomic E-state index is 14.8. The molecule has 43 heavy (non-hydrogen) atoms. The van der Waals surface area contributed by atoms with Gasteiger partial charge in [0.2, 0.25) is 5.82 Å². The SMILES string of the molecule is CCCCCCCCOc1ccc(-c2ccc(OC(=O)c3ccc([C]4[CH][CH][CH][CH]4)cc3)cc2)c(F)c1F.[CH]1[CH][CH][CH][CH]1.[Fe+2]. The third-order valence-electron chi connectivity index (χ3n) is 6.85. The molecular formula is C37H36F2FeO3+2. The number of benzene rings is 3. The van der Waals surface area contributed by atoms with Crippen LogP contribution in [0.25, 0.3) is 11.1 Å². The Balaban J connectivity index is 0.000000765. The van der Waals surface area contributed by atoms with Crippen molar-refractivity contribution >= 4 is 5.97 Å². The fourth-order valence-corrected chi connectivity index (χ4v) is 4.49. The van der Waals surface area contributed by atoms with Crippen molar-refractivity contribution < 1.29 is 40.1 Å². The van der Waals surface area contributed by atoms with E-state index in [4.69, 9.17) is 9.47 Å². The predicted molar refractivity (Wildman–Crippen MR) is 163 cm³/mol. The standard InChI is InChI=1S/C32H31F2O3.C5H5.Fe/c1-2-3-4-5-6-9-22-36-29-21-20-28(30(33)31(29)34)25-16-18-27(19-17-25)37-32(35)26-14-12-24(13-15-26)23-10-7-8-11-23;1-2-4-5-3-1;/h7-8,10-21H,2-6,9,22H2,1H3;1-5H;/q;;+2. The number of unbranched alkanes of at least 4 members (excludes halogenated alkanes) is 5. The van der Waals surface area contributed by atoms with E-state index in [2.05, 4.69) is 6.92 Å². The summed E-state index contributed by atoms with van der Waals surface area (Å²) in [6.45, 7) is 2.53. The first-order valence-corrected chi connectivity index (χ1v) is 14.5. The second kappa shape index (κ2) is 18.9. The number of carbonyl (C=O) groups excluding carboxylic acids is 1. The first-order chi connectivity index (χ1) is 20.6. The van der Waals surface area contributed by atoms with Gasteiger partial charge in [0.1, 0.15) is 5.75 Å². The van der Waals surface area contributed by atoms with Crippen LogP contribution in [-0.4, -0.2) is 12.6 Å². The molecule has 3 nitrogen and oxygen atoms in total. The zero-order chi connectivity index (χ0) is 29.6. The Morgan fingerprint density at radius 3 is 1.86 bits per heavy atom. The van der Waals surface area contributed by atoms with Gasteiger partial charge in [0.15, 0.2) is 11.6 Å². The van der Waals surface area contributed by atoms with E-state index >= 15 is 0 Å². The largest absolute Gasteiger partial charge is 2.00 e. The molecule has 3 aromatic carbocycles. The van der Waals surface area contributed by atoms with Crippen LogP contribution in [0.1, 0.15) is 61.4 Å². The zero-order valence-corrected chi connectivity index (χ0v) is 25.4. The maximum absolute atomic E-state index is 14.8. The summed E-state index contributed by atoms with van der Waals surface area (Å²) in [5, 5.41) is 0. The molecule has 0 atom stereocenters.